The van der Waals surface area contributed by atoms with Gasteiger partial charge in [-0.1, -0.05) is 144 Å². The van der Waals surface area contributed by atoms with Crippen molar-refractivity contribution in [3.05, 3.63) is 42.0 Å². The molecule has 0 fully saturated rings. The summed E-state index contributed by atoms with van der Waals surface area (Å²) in [5.41, 5.74) is 0.598. The highest BCUT2D eigenvalue weighted by Gasteiger charge is 2.60. The van der Waals surface area contributed by atoms with Crippen molar-refractivity contribution in [2.75, 3.05) is 13.2 Å². The smallest absolute Gasteiger partial charge is 0.350 e. The van der Waals surface area contributed by atoms with E-state index in [1.54, 1.807) is 0 Å². The second-order valence-corrected chi connectivity index (χ2v) is 20.6. The summed E-state index contributed by atoms with van der Waals surface area (Å²) in [7, 11) is -2.61. The molecule has 0 radical (unpaired) electrons. The number of benzene rings is 1. The molecular formula is C40H68O5Si. The number of hydrogen-bond donors (Lipinski definition) is 0. The van der Waals surface area contributed by atoms with Gasteiger partial charge in [0.15, 0.2) is 0 Å². The molecule has 4 bridgehead atoms. The number of carbonyl (C=O) groups is 1. The largest absolute Gasteiger partial charge is 0.494 e. The molecule has 0 aromatic heterocycles. The third kappa shape index (κ3) is 13.1. The van der Waals surface area contributed by atoms with Gasteiger partial charge < -0.3 is 18.3 Å². The lowest BCUT2D eigenvalue weighted by atomic mass is 10.0. The minimum absolute atomic E-state index is 0.0161. The van der Waals surface area contributed by atoms with E-state index in [0.717, 1.165) is 50.9 Å². The van der Waals surface area contributed by atoms with Gasteiger partial charge in [-0.3, -0.25) is 0 Å². The quantitative estimate of drug-likeness (QED) is 0.158. The molecule has 5 nitrogen and oxygen atoms in total. The molecular weight excluding hydrogens is 589 g/mol. The molecule has 0 N–H and O–H groups in total. The molecule has 0 unspecified atom stereocenters. The van der Waals surface area contributed by atoms with Crippen molar-refractivity contribution in [1.29, 1.82) is 0 Å². The Morgan fingerprint density at radius 1 is 0.587 bits per heavy atom. The third-order valence-electron chi connectivity index (χ3n) is 9.77. The minimum Gasteiger partial charge on any atom is -0.494 e. The molecule has 5 aliphatic heterocycles. The molecule has 46 heavy (non-hydrogen) atoms. The summed E-state index contributed by atoms with van der Waals surface area (Å²) in [6.45, 7) is 15.3. The topological polar surface area (TPSA) is 54.0 Å². The lowest BCUT2D eigenvalue weighted by Gasteiger charge is -2.52. The summed E-state index contributed by atoms with van der Waals surface area (Å²) in [5.74, 6) is 0.583. The van der Waals surface area contributed by atoms with Gasteiger partial charge in [0, 0.05) is 10.1 Å². The molecule has 5 heterocycles. The zero-order chi connectivity index (χ0) is 33.3. The van der Waals surface area contributed by atoms with Crippen LogP contribution in [0.25, 0.3) is 0 Å². The van der Waals surface area contributed by atoms with Crippen molar-refractivity contribution >= 4 is 14.5 Å². The molecule has 6 heteroatoms. The average Bonchev–Trinajstić information content (AvgIpc) is 2.98. The zero-order valence-corrected chi connectivity index (χ0v) is 31.5. The van der Waals surface area contributed by atoms with E-state index in [1.807, 2.05) is 24.3 Å². The maximum atomic E-state index is 12.4. The van der Waals surface area contributed by atoms with Gasteiger partial charge in [0.05, 0.1) is 31.0 Å². The fourth-order valence-corrected chi connectivity index (χ4v) is 12.3. The summed E-state index contributed by atoms with van der Waals surface area (Å²) in [6.07, 6.45) is 27.7. The summed E-state index contributed by atoms with van der Waals surface area (Å²) >= 11 is 0. The summed E-state index contributed by atoms with van der Waals surface area (Å²) in [5, 5.41) is -0.0322. The zero-order valence-electron chi connectivity index (χ0n) is 30.5. The SMILES string of the molecule is CC(C)(C)[Si]1(C(C)(C)C)O[C@H]2C/C=C/[C@H](CCCCCCCCCCOc3ccc(cc3)C(=O)OCCCCCCCCCC2)O1. The molecule has 0 saturated heterocycles. The van der Waals surface area contributed by atoms with Crippen molar-refractivity contribution in [2.24, 2.45) is 0 Å². The molecule has 6 rings (SSSR count). The third-order valence-corrected chi connectivity index (χ3v) is 15.0. The van der Waals surface area contributed by atoms with E-state index < -0.39 is 8.56 Å². The van der Waals surface area contributed by atoms with Gasteiger partial charge in [0.2, 0.25) is 0 Å². The number of esters is 1. The highest BCUT2D eigenvalue weighted by molar-refractivity contribution is 6.73. The fourth-order valence-electron chi connectivity index (χ4n) is 7.28. The van der Waals surface area contributed by atoms with Crippen LogP contribution in [-0.2, 0) is 13.6 Å². The molecule has 262 valence electrons. The highest BCUT2D eigenvalue weighted by atomic mass is 28.4. The van der Waals surface area contributed by atoms with Crippen LogP contribution in [0.4, 0.5) is 0 Å². The Labute approximate surface area is 283 Å². The van der Waals surface area contributed by atoms with E-state index in [4.69, 9.17) is 18.3 Å². The molecule has 1 aromatic carbocycles. The van der Waals surface area contributed by atoms with Crippen LogP contribution in [0.2, 0.25) is 10.1 Å². The van der Waals surface area contributed by atoms with Crippen LogP contribution >= 0.6 is 0 Å². The molecule has 1 aromatic rings. The lowest BCUT2D eigenvalue weighted by molar-refractivity contribution is 0.0489. The van der Waals surface area contributed by atoms with Crippen LogP contribution in [0.3, 0.4) is 0 Å². The number of ether oxygens (including phenoxy) is 2. The van der Waals surface area contributed by atoms with Crippen molar-refractivity contribution in [3.8, 4) is 5.75 Å². The van der Waals surface area contributed by atoms with Gasteiger partial charge in [-0.05, 0) is 56.4 Å². The van der Waals surface area contributed by atoms with E-state index >= 15 is 0 Å². The van der Waals surface area contributed by atoms with E-state index in [1.165, 1.54) is 83.5 Å². The summed E-state index contributed by atoms with van der Waals surface area (Å²) < 4.78 is 26.0. The first-order chi connectivity index (χ1) is 22.0. The normalized spacial score (nSPS) is 25.7. The Morgan fingerprint density at radius 3 is 1.61 bits per heavy atom. The average molecular weight is 657 g/mol. The minimum atomic E-state index is -2.61. The van der Waals surface area contributed by atoms with Crippen molar-refractivity contribution in [3.63, 3.8) is 0 Å². The fraction of sp³-hybridized carbons (Fsp3) is 0.775. The molecule has 0 spiro atoms. The summed E-state index contributed by atoms with van der Waals surface area (Å²) in [4.78, 5) is 12.4. The van der Waals surface area contributed by atoms with Crippen LogP contribution in [0, 0.1) is 0 Å². The first kappa shape index (κ1) is 38.8. The van der Waals surface area contributed by atoms with E-state index in [-0.39, 0.29) is 28.3 Å². The standard InChI is InChI=1S/C40H68O5Si/c1-39(2,3)46(40(4,5)6)44-36-24-19-15-11-7-9-13-17-21-32-42-35-30-28-34(29-31-35)38(41)43-33-22-18-14-10-8-12-16-20-25-37(45-46)27-23-26-36/h23,26,28-31,36-37H,7-22,24-25,27,32-33H2,1-6H3/b26-23+/t36-,37+/m0/s1. The predicted octanol–water partition coefficient (Wildman–Crippen LogP) is 12.0. The lowest BCUT2D eigenvalue weighted by Crippen LogP contribution is -2.60. The van der Waals surface area contributed by atoms with Gasteiger partial charge in [0.1, 0.15) is 5.75 Å². The Hall–Kier alpha value is -1.63. The maximum absolute atomic E-state index is 12.4. The van der Waals surface area contributed by atoms with Crippen LogP contribution in [0.15, 0.2) is 36.4 Å². The van der Waals surface area contributed by atoms with Crippen molar-refractivity contribution in [1.82, 2.24) is 0 Å². The number of carbonyl (C=O) groups excluding carboxylic acids is 1. The number of rotatable bonds is 0. The Balaban J connectivity index is 1.56. The van der Waals surface area contributed by atoms with Gasteiger partial charge in [-0.15, -0.1) is 0 Å². The molecule has 0 amide bonds. The van der Waals surface area contributed by atoms with Crippen LogP contribution in [0.1, 0.15) is 174 Å². The van der Waals surface area contributed by atoms with Crippen molar-refractivity contribution in [2.45, 2.75) is 186 Å². The highest BCUT2D eigenvalue weighted by Crippen LogP contribution is 2.54. The molecule has 5 aliphatic rings. The first-order valence-corrected chi connectivity index (χ1v) is 20.8. The van der Waals surface area contributed by atoms with Crippen LogP contribution in [0.5, 0.6) is 5.75 Å². The van der Waals surface area contributed by atoms with Gasteiger partial charge in [0.25, 0.3) is 0 Å². The van der Waals surface area contributed by atoms with Gasteiger partial charge in [-0.25, -0.2) is 4.79 Å². The van der Waals surface area contributed by atoms with Crippen LogP contribution in [-0.4, -0.2) is 40.0 Å². The number of hydrogen-bond acceptors (Lipinski definition) is 5. The maximum Gasteiger partial charge on any atom is 0.350 e. The molecule has 0 aliphatic carbocycles. The predicted molar refractivity (Wildman–Crippen MR) is 194 cm³/mol. The molecule has 2 atom stereocenters. The summed E-state index contributed by atoms with van der Waals surface area (Å²) in [6, 6.07) is 7.40. The van der Waals surface area contributed by atoms with E-state index in [2.05, 4.69) is 53.7 Å². The Kier molecular flexibility index (Phi) is 16.9. The first-order valence-electron chi connectivity index (χ1n) is 18.9. The molecule has 0 saturated carbocycles. The van der Waals surface area contributed by atoms with E-state index in [9.17, 15) is 4.79 Å². The monoisotopic (exact) mass is 656 g/mol. The van der Waals surface area contributed by atoms with Crippen molar-refractivity contribution < 1.29 is 23.1 Å². The second-order valence-electron chi connectivity index (χ2n) is 15.9. The van der Waals surface area contributed by atoms with Gasteiger partial charge >= 0.3 is 14.5 Å². The van der Waals surface area contributed by atoms with Crippen LogP contribution < -0.4 is 4.74 Å². The van der Waals surface area contributed by atoms with E-state index in [0.29, 0.717) is 12.2 Å². The Bertz CT molecular complexity index is 992. The van der Waals surface area contributed by atoms with Gasteiger partial charge in [-0.2, -0.15) is 0 Å². The second kappa shape index (κ2) is 20.0. The Morgan fingerprint density at radius 2 is 1.07 bits per heavy atom.